The summed E-state index contributed by atoms with van der Waals surface area (Å²) in [5.41, 5.74) is -0.338. The molecule has 0 aliphatic rings. The molecule has 0 atom stereocenters. The van der Waals surface area contributed by atoms with Gasteiger partial charge in [-0.25, -0.2) is 19.6 Å². The highest BCUT2D eigenvalue weighted by atomic mass is 17.2. The largest absolute Gasteiger partial charge is 0.226 e. The fraction of sp³-hybridized carbons (Fsp3) is 0.545. The lowest BCUT2D eigenvalue weighted by Gasteiger charge is -2.31. The predicted octanol–water partition coefficient (Wildman–Crippen LogP) is 5.98. The van der Waals surface area contributed by atoms with Crippen LogP contribution in [0.1, 0.15) is 66.5 Å². The molecule has 26 heavy (non-hydrogen) atoms. The maximum Gasteiger partial charge on any atom is 0.123 e. The normalized spacial score (nSPS) is 13.5. The van der Waals surface area contributed by atoms with Gasteiger partial charge in [-0.3, -0.25) is 0 Å². The molecule has 0 unspecified atom stereocenters. The number of rotatable bonds is 10. The second kappa shape index (κ2) is 8.05. The van der Waals surface area contributed by atoms with Crippen LogP contribution in [0.5, 0.6) is 0 Å². The van der Waals surface area contributed by atoms with Crippen molar-refractivity contribution in [2.24, 2.45) is 0 Å². The van der Waals surface area contributed by atoms with E-state index in [0.29, 0.717) is 0 Å². The topological polar surface area (TPSA) is 36.9 Å². The van der Waals surface area contributed by atoms with Gasteiger partial charge in [0, 0.05) is 0 Å². The molecule has 0 fully saturated rings. The van der Waals surface area contributed by atoms with Crippen LogP contribution >= 0.6 is 0 Å². The van der Waals surface area contributed by atoms with Crippen molar-refractivity contribution >= 4 is 0 Å². The predicted molar refractivity (Wildman–Crippen MR) is 105 cm³/mol. The van der Waals surface area contributed by atoms with Gasteiger partial charge in [-0.1, -0.05) is 36.4 Å². The molecule has 0 aromatic heterocycles. The maximum atomic E-state index is 5.67. The lowest BCUT2D eigenvalue weighted by atomic mass is 9.92. The van der Waals surface area contributed by atoms with Crippen LogP contribution in [0.2, 0.25) is 0 Å². The van der Waals surface area contributed by atoms with Crippen molar-refractivity contribution in [3.63, 3.8) is 0 Å². The lowest BCUT2D eigenvalue weighted by molar-refractivity contribution is -0.395. The Hall–Kier alpha value is -1.46. The molecule has 0 radical (unpaired) electrons. The van der Waals surface area contributed by atoms with E-state index in [9.17, 15) is 0 Å². The summed E-state index contributed by atoms with van der Waals surface area (Å²) in [6, 6.07) is 8.01. The summed E-state index contributed by atoms with van der Waals surface area (Å²) in [6.07, 6.45) is 3.41. The minimum absolute atomic E-state index is 0.553. The molecule has 0 N–H and O–H groups in total. The Morgan fingerprint density at radius 2 is 0.846 bits per heavy atom. The highest BCUT2D eigenvalue weighted by molar-refractivity contribution is 5.29. The highest BCUT2D eigenvalue weighted by Gasteiger charge is 2.29. The first kappa shape index (κ1) is 22.6. The average molecular weight is 363 g/mol. The van der Waals surface area contributed by atoms with Gasteiger partial charge in [0.05, 0.1) is 0 Å². The summed E-state index contributed by atoms with van der Waals surface area (Å²) in [5.74, 6) is 0. The lowest BCUT2D eigenvalue weighted by Crippen LogP contribution is -2.30. The second-order valence-corrected chi connectivity index (χ2v) is 8.55. The van der Waals surface area contributed by atoms with Crippen LogP contribution in [-0.4, -0.2) is 11.2 Å². The molecule has 4 nitrogen and oxygen atoms in total. The van der Waals surface area contributed by atoms with Crippen LogP contribution in [0.3, 0.4) is 0 Å². The first-order valence-electron chi connectivity index (χ1n) is 8.87. The molecule has 0 amide bonds. The zero-order valence-electron chi connectivity index (χ0n) is 17.5. The third-order valence-corrected chi connectivity index (χ3v) is 4.19. The standard InChI is InChI=1S/C22H34O4/c1-11-19(3,4)23-25-21(7,8)17-13-15-18(16-14-17)22(9,10)26-24-20(5,6)12-2/h11-16H,1-2H2,3-10H3. The average Bonchev–Trinajstić information content (AvgIpc) is 2.59. The van der Waals surface area contributed by atoms with E-state index in [4.69, 9.17) is 19.6 Å². The van der Waals surface area contributed by atoms with Gasteiger partial charge in [0.25, 0.3) is 0 Å². The van der Waals surface area contributed by atoms with Gasteiger partial charge in [-0.05, 0) is 66.5 Å². The van der Waals surface area contributed by atoms with Gasteiger partial charge in [0.1, 0.15) is 22.4 Å². The van der Waals surface area contributed by atoms with Crippen LogP contribution in [0.4, 0.5) is 0 Å². The van der Waals surface area contributed by atoms with E-state index in [2.05, 4.69) is 13.2 Å². The van der Waals surface area contributed by atoms with Crippen molar-refractivity contribution in [2.45, 2.75) is 77.8 Å². The molecule has 0 aliphatic heterocycles. The Morgan fingerprint density at radius 3 is 1.08 bits per heavy atom. The van der Waals surface area contributed by atoms with Gasteiger partial charge in [0.15, 0.2) is 0 Å². The SMILES string of the molecule is C=CC(C)(C)OOC(C)(C)c1ccc(C(C)(C)OOC(C)(C)C=C)cc1. The minimum atomic E-state index is -0.606. The molecule has 0 saturated carbocycles. The van der Waals surface area contributed by atoms with Crippen LogP contribution in [0, 0.1) is 0 Å². The van der Waals surface area contributed by atoms with Gasteiger partial charge >= 0.3 is 0 Å². The number of hydrogen-bond acceptors (Lipinski definition) is 4. The molecule has 1 aromatic carbocycles. The van der Waals surface area contributed by atoms with Gasteiger partial charge in [-0.15, -0.1) is 13.2 Å². The molecule has 0 aliphatic carbocycles. The molecule has 1 aromatic rings. The molecule has 1 rings (SSSR count). The van der Waals surface area contributed by atoms with E-state index in [1.165, 1.54) is 0 Å². The first-order valence-corrected chi connectivity index (χ1v) is 8.87. The van der Waals surface area contributed by atoms with Gasteiger partial charge in [0.2, 0.25) is 0 Å². The van der Waals surface area contributed by atoms with Crippen molar-refractivity contribution in [3.8, 4) is 0 Å². The van der Waals surface area contributed by atoms with Crippen molar-refractivity contribution < 1.29 is 19.6 Å². The molecule has 146 valence electrons. The third kappa shape index (κ3) is 6.36. The fourth-order valence-electron chi connectivity index (χ4n) is 1.86. The van der Waals surface area contributed by atoms with E-state index in [1.807, 2.05) is 79.7 Å². The van der Waals surface area contributed by atoms with Crippen molar-refractivity contribution in [1.82, 2.24) is 0 Å². The van der Waals surface area contributed by atoms with E-state index in [-0.39, 0.29) is 0 Å². The van der Waals surface area contributed by atoms with Crippen molar-refractivity contribution in [3.05, 3.63) is 60.7 Å². The molecular formula is C22H34O4. The van der Waals surface area contributed by atoms with Crippen LogP contribution < -0.4 is 0 Å². The van der Waals surface area contributed by atoms with Crippen molar-refractivity contribution in [1.29, 1.82) is 0 Å². The summed E-state index contributed by atoms with van der Waals surface area (Å²) in [6.45, 7) is 22.9. The summed E-state index contributed by atoms with van der Waals surface area (Å²) < 4.78 is 0. The van der Waals surface area contributed by atoms with Gasteiger partial charge in [-0.2, -0.15) is 0 Å². The van der Waals surface area contributed by atoms with Crippen LogP contribution in [-0.2, 0) is 30.8 Å². The third-order valence-electron chi connectivity index (χ3n) is 4.19. The molecule has 0 spiro atoms. The summed E-state index contributed by atoms with van der Waals surface area (Å²) >= 11 is 0. The van der Waals surface area contributed by atoms with Gasteiger partial charge < -0.3 is 0 Å². The first-order chi connectivity index (χ1) is 11.7. The Bertz CT molecular complexity index is 555. The summed E-state index contributed by atoms with van der Waals surface area (Å²) in [7, 11) is 0. The number of hydrogen-bond donors (Lipinski definition) is 0. The van der Waals surface area contributed by atoms with E-state index >= 15 is 0 Å². The zero-order chi connectivity index (χ0) is 20.2. The Balaban J connectivity index is 2.86. The van der Waals surface area contributed by atoms with E-state index in [0.717, 1.165) is 11.1 Å². The van der Waals surface area contributed by atoms with Crippen molar-refractivity contribution in [2.75, 3.05) is 0 Å². The molecule has 4 heteroatoms. The molecule has 0 bridgehead atoms. The summed E-state index contributed by atoms with van der Waals surface area (Å²) in [5, 5.41) is 0. The van der Waals surface area contributed by atoms with E-state index in [1.54, 1.807) is 12.2 Å². The zero-order valence-corrected chi connectivity index (χ0v) is 17.5. The molecule has 0 saturated heterocycles. The monoisotopic (exact) mass is 362 g/mol. The van der Waals surface area contributed by atoms with Crippen LogP contribution in [0.15, 0.2) is 49.6 Å². The maximum absolute atomic E-state index is 5.67. The fourth-order valence-corrected chi connectivity index (χ4v) is 1.86. The quantitative estimate of drug-likeness (QED) is 0.291. The van der Waals surface area contributed by atoms with Crippen LogP contribution in [0.25, 0.3) is 0 Å². The minimum Gasteiger partial charge on any atom is -0.226 e. The second-order valence-electron chi connectivity index (χ2n) is 8.55. The Kier molecular flexibility index (Phi) is 6.99. The number of benzene rings is 1. The molecule has 0 heterocycles. The smallest absolute Gasteiger partial charge is 0.123 e. The Labute approximate surface area is 158 Å². The summed E-state index contributed by atoms with van der Waals surface area (Å²) in [4.78, 5) is 22.4. The Morgan fingerprint density at radius 1 is 0.577 bits per heavy atom. The highest BCUT2D eigenvalue weighted by Crippen LogP contribution is 2.32. The molecular weight excluding hydrogens is 328 g/mol. The van der Waals surface area contributed by atoms with E-state index < -0.39 is 22.4 Å².